The number of rotatable bonds is 6. The minimum atomic E-state index is -0.642. The Morgan fingerprint density at radius 1 is 1.00 bits per heavy atom. The van der Waals surface area contributed by atoms with Crippen molar-refractivity contribution in [3.8, 4) is 16.9 Å². The van der Waals surface area contributed by atoms with Crippen molar-refractivity contribution in [1.29, 1.82) is 0 Å². The lowest BCUT2D eigenvalue weighted by Crippen LogP contribution is -2.27. The number of nitrogens with two attached hydrogens (primary N) is 1. The smallest absolute Gasteiger partial charge is 0.412 e. The van der Waals surface area contributed by atoms with Crippen LogP contribution in [0.4, 0.5) is 20.6 Å². The van der Waals surface area contributed by atoms with Gasteiger partial charge in [0.1, 0.15) is 23.8 Å². The summed E-state index contributed by atoms with van der Waals surface area (Å²) in [5.41, 5.74) is 7.34. The van der Waals surface area contributed by atoms with E-state index >= 15 is 0 Å². The molecule has 0 aliphatic rings. The highest BCUT2D eigenvalue weighted by molar-refractivity contribution is 5.92. The third-order valence-electron chi connectivity index (χ3n) is 3.82. The molecule has 0 atom stereocenters. The van der Waals surface area contributed by atoms with Gasteiger partial charge in [-0.15, -0.1) is 0 Å². The van der Waals surface area contributed by atoms with Crippen LogP contribution >= 0.6 is 0 Å². The first-order chi connectivity index (χ1) is 13.8. The molecule has 0 aromatic heterocycles. The quantitative estimate of drug-likeness (QED) is 0.470. The largest absolute Gasteiger partial charge is 0.490 e. The van der Waals surface area contributed by atoms with Gasteiger partial charge in [0, 0.05) is 11.6 Å². The molecule has 164 valence electrons. The predicted octanol–water partition coefficient (Wildman–Crippen LogP) is 5.62. The number of halogens is 1. The molecule has 0 aliphatic carbocycles. The maximum absolute atomic E-state index is 13.4. The predicted molar refractivity (Wildman–Crippen MR) is 117 cm³/mol. The number of nitrogens with one attached hydrogen (secondary N) is 1. The van der Waals surface area contributed by atoms with Gasteiger partial charge < -0.3 is 19.9 Å². The van der Waals surface area contributed by atoms with E-state index in [1.54, 1.807) is 45.0 Å². The van der Waals surface area contributed by atoms with Crippen molar-refractivity contribution in [2.75, 3.05) is 24.3 Å². The Bertz CT molecular complexity index is 868. The van der Waals surface area contributed by atoms with Crippen molar-refractivity contribution in [3.63, 3.8) is 0 Å². The van der Waals surface area contributed by atoms with Crippen LogP contribution in [0, 0.1) is 5.82 Å². The molecule has 0 saturated carbocycles. The Morgan fingerprint density at radius 3 is 2.20 bits per heavy atom. The Balaban J connectivity index is 2.30. The standard InChI is InChI=1S/C23H31FN2O4/c1-22(2,3)29-12-11-28-20-14-19(26-21(27)30-23(4,5)6)18(25)13-17(20)15-7-9-16(24)10-8-15/h7-10,13-14H,11-12,25H2,1-6H3,(H,26,27). The normalized spacial score (nSPS) is 11.8. The fourth-order valence-electron chi connectivity index (χ4n) is 2.59. The molecular formula is C23H31FN2O4. The number of anilines is 2. The summed E-state index contributed by atoms with van der Waals surface area (Å²) >= 11 is 0. The lowest BCUT2D eigenvalue weighted by Gasteiger charge is -2.22. The SMILES string of the molecule is CC(C)(C)OCCOc1cc(NC(=O)OC(C)(C)C)c(N)cc1-c1ccc(F)cc1. The van der Waals surface area contributed by atoms with E-state index in [4.69, 9.17) is 19.9 Å². The van der Waals surface area contributed by atoms with Crippen LogP contribution in [0.15, 0.2) is 36.4 Å². The average molecular weight is 419 g/mol. The van der Waals surface area contributed by atoms with Crippen LogP contribution in [0.2, 0.25) is 0 Å². The van der Waals surface area contributed by atoms with Crippen LogP contribution in [0.5, 0.6) is 5.75 Å². The molecule has 0 fully saturated rings. The molecule has 0 aliphatic heterocycles. The Kier molecular flexibility index (Phi) is 7.31. The number of carbonyl (C=O) groups excluding carboxylic acids is 1. The third kappa shape index (κ3) is 7.55. The second-order valence-electron chi connectivity index (χ2n) is 8.88. The number of hydrogen-bond acceptors (Lipinski definition) is 5. The van der Waals surface area contributed by atoms with E-state index in [0.29, 0.717) is 35.9 Å². The summed E-state index contributed by atoms with van der Waals surface area (Å²) in [4.78, 5) is 12.2. The van der Waals surface area contributed by atoms with E-state index in [9.17, 15) is 9.18 Å². The van der Waals surface area contributed by atoms with Crippen molar-refractivity contribution >= 4 is 17.5 Å². The van der Waals surface area contributed by atoms with Gasteiger partial charge in [-0.1, -0.05) is 12.1 Å². The molecule has 2 rings (SSSR count). The summed E-state index contributed by atoms with van der Waals surface area (Å²) in [5.74, 6) is 0.148. The summed E-state index contributed by atoms with van der Waals surface area (Å²) < 4.78 is 30.3. The maximum Gasteiger partial charge on any atom is 0.412 e. The van der Waals surface area contributed by atoms with Crippen molar-refractivity contribution in [2.45, 2.75) is 52.7 Å². The van der Waals surface area contributed by atoms with Crippen LogP contribution in [0.1, 0.15) is 41.5 Å². The summed E-state index contributed by atoms with van der Waals surface area (Å²) in [6.45, 7) is 11.9. The van der Waals surface area contributed by atoms with E-state index in [1.165, 1.54) is 12.1 Å². The van der Waals surface area contributed by atoms with Crippen LogP contribution in [0.3, 0.4) is 0 Å². The van der Waals surface area contributed by atoms with Crippen LogP contribution in [0.25, 0.3) is 11.1 Å². The molecule has 1 amide bonds. The molecule has 30 heavy (non-hydrogen) atoms. The monoisotopic (exact) mass is 418 g/mol. The van der Waals surface area contributed by atoms with Gasteiger partial charge in [0.2, 0.25) is 0 Å². The lowest BCUT2D eigenvalue weighted by molar-refractivity contribution is -0.0162. The number of benzene rings is 2. The number of nitrogen functional groups attached to an aromatic ring is 1. The highest BCUT2D eigenvalue weighted by Gasteiger charge is 2.19. The van der Waals surface area contributed by atoms with Crippen molar-refractivity contribution in [1.82, 2.24) is 0 Å². The molecule has 6 nitrogen and oxygen atoms in total. The Hall–Kier alpha value is -2.80. The summed E-state index contributed by atoms with van der Waals surface area (Å²) in [6, 6.07) is 9.33. The van der Waals surface area contributed by atoms with Crippen LogP contribution in [-0.4, -0.2) is 30.5 Å². The van der Waals surface area contributed by atoms with Gasteiger partial charge in [-0.25, -0.2) is 9.18 Å². The van der Waals surface area contributed by atoms with E-state index < -0.39 is 11.7 Å². The van der Waals surface area contributed by atoms with Gasteiger partial charge in [-0.3, -0.25) is 5.32 Å². The summed E-state index contributed by atoms with van der Waals surface area (Å²) in [7, 11) is 0. The molecule has 2 aromatic carbocycles. The molecule has 0 saturated heterocycles. The molecule has 3 N–H and O–H groups in total. The zero-order valence-electron chi connectivity index (χ0n) is 18.5. The molecule has 0 bridgehead atoms. The van der Waals surface area contributed by atoms with Gasteiger partial charge in [0.15, 0.2) is 0 Å². The molecule has 0 unspecified atom stereocenters. The topological polar surface area (TPSA) is 82.8 Å². The van der Waals surface area contributed by atoms with Crippen LogP contribution < -0.4 is 15.8 Å². The van der Waals surface area contributed by atoms with Gasteiger partial charge in [-0.2, -0.15) is 0 Å². The second-order valence-corrected chi connectivity index (χ2v) is 8.88. The van der Waals surface area contributed by atoms with E-state index in [1.807, 2.05) is 20.8 Å². The maximum atomic E-state index is 13.4. The van der Waals surface area contributed by atoms with E-state index in [2.05, 4.69) is 5.32 Å². The summed E-state index contributed by atoms with van der Waals surface area (Å²) in [5, 5.41) is 2.65. The zero-order valence-corrected chi connectivity index (χ0v) is 18.5. The van der Waals surface area contributed by atoms with Crippen molar-refractivity contribution in [3.05, 3.63) is 42.2 Å². The number of carbonyl (C=O) groups is 1. The van der Waals surface area contributed by atoms with Gasteiger partial charge in [0.05, 0.1) is 23.6 Å². The summed E-state index contributed by atoms with van der Waals surface area (Å²) in [6.07, 6.45) is -0.620. The molecule has 2 aromatic rings. The second kappa shape index (κ2) is 9.34. The number of amides is 1. The molecule has 0 spiro atoms. The van der Waals surface area contributed by atoms with Gasteiger partial charge in [-0.05, 0) is 65.3 Å². The van der Waals surface area contributed by atoms with Crippen molar-refractivity contribution in [2.24, 2.45) is 0 Å². The van der Waals surface area contributed by atoms with Gasteiger partial charge >= 0.3 is 6.09 Å². The molecule has 7 heteroatoms. The third-order valence-corrected chi connectivity index (χ3v) is 3.82. The highest BCUT2D eigenvalue weighted by Crippen LogP contribution is 2.37. The van der Waals surface area contributed by atoms with Crippen LogP contribution in [-0.2, 0) is 9.47 Å². The Morgan fingerprint density at radius 2 is 1.63 bits per heavy atom. The van der Waals surface area contributed by atoms with Crippen molar-refractivity contribution < 1.29 is 23.4 Å². The first kappa shape index (κ1) is 23.5. The molecule has 0 radical (unpaired) electrons. The highest BCUT2D eigenvalue weighted by atomic mass is 19.1. The molecule has 0 heterocycles. The lowest BCUT2D eigenvalue weighted by atomic mass is 10.0. The Labute approximate surface area is 177 Å². The zero-order chi connectivity index (χ0) is 22.5. The van der Waals surface area contributed by atoms with E-state index in [0.717, 1.165) is 5.56 Å². The average Bonchev–Trinajstić information content (AvgIpc) is 2.59. The first-order valence-corrected chi connectivity index (χ1v) is 9.80. The van der Waals surface area contributed by atoms with E-state index in [-0.39, 0.29) is 11.4 Å². The minimum absolute atomic E-state index is 0.284. The number of hydrogen-bond donors (Lipinski definition) is 2. The number of ether oxygens (including phenoxy) is 3. The molecular weight excluding hydrogens is 387 g/mol. The first-order valence-electron chi connectivity index (χ1n) is 9.80. The van der Waals surface area contributed by atoms with Gasteiger partial charge in [0.25, 0.3) is 0 Å². The fraction of sp³-hybridized carbons (Fsp3) is 0.435. The fourth-order valence-corrected chi connectivity index (χ4v) is 2.59. The minimum Gasteiger partial charge on any atom is -0.490 e.